The van der Waals surface area contributed by atoms with Crippen molar-refractivity contribution in [3.63, 3.8) is 0 Å². The van der Waals surface area contributed by atoms with E-state index >= 15 is 0 Å². The van der Waals surface area contributed by atoms with Gasteiger partial charge in [0.15, 0.2) is 0 Å². The maximum atomic E-state index is 13.3. The molecule has 0 radical (unpaired) electrons. The van der Waals surface area contributed by atoms with E-state index in [1.165, 1.54) is 34.3 Å². The molecule has 1 atom stereocenters. The standard InChI is InChI=1S/C23H28ClN5O2S2/c1-15-3-6-21(29-9-7-28(2)8-10-29)18-11-16(4-5-17(15)18)27-33(30,31)23-13-22-20(12-19(23)24)25-14-26-32-22/h3,6,12-14,16,27H,4-5,7-11H2,1-2H3,(H,25,26)/t16-/m1/s1. The predicted molar refractivity (Wildman–Crippen MR) is 136 cm³/mol. The van der Waals surface area contributed by atoms with Crippen molar-refractivity contribution in [3.05, 3.63) is 46.0 Å². The molecule has 0 saturated carbocycles. The average Bonchev–Trinajstić information content (AvgIpc) is 2.79. The Morgan fingerprint density at radius 3 is 2.76 bits per heavy atom. The highest BCUT2D eigenvalue weighted by Crippen LogP contribution is 2.38. The van der Waals surface area contributed by atoms with Gasteiger partial charge in [-0.05, 0) is 80.1 Å². The average molecular weight is 506 g/mol. The van der Waals surface area contributed by atoms with Crippen LogP contribution in [-0.4, -0.2) is 58.9 Å². The Morgan fingerprint density at radius 1 is 1.18 bits per heavy atom. The van der Waals surface area contributed by atoms with Crippen molar-refractivity contribution in [2.45, 2.75) is 42.0 Å². The lowest BCUT2D eigenvalue weighted by Crippen LogP contribution is -2.45. The third-order valence-corrected chi connectivity index (χ3v) is 9.48. The molecule has 0 unspecified atom stereocenters. The van der Waals surface area contributed by atoms with Gasteiger partial charge in [0, 0.05) is 37.9 Å². The van der Waals surface area contributed by atoms with E-state index in [0.29, 0.717) is 12.1 Å². The van der Waals surface area contributed by atoms with E-state index in [2.05, 4.69) is 50.3 Å². The minimum atomic E-state index is -3.78. The molecule has 33 heavy (non-hydrogen) atoms. The van der Waals surface area contributed by atoms with E-state index in [1.807, 2.05) is 0 Å². The number of likely N-dealkylation sites (N-methyl/N-ethyl adjacent to an activating group) is 1. The van der Waals surface area contributed by atoms with Gasteiger partial charge in [0.1, 0.15) is 4.90 Å². The molecule has 2 N–H and O–H groups in total. The molecule has 2 heterocycles. The van der Waals surface area contributed by atoms with Crippen LogP contribution >= 0.6 is 23.5 Å². The number of aliphatic imine (C=N–C) groups is 1. The van der Waals surface area contributed by atoms with Gasteiger partial charge in [-0.25, -0.2) is 18.1 Å². The molecule has 1 aliphatic carbocycles. The number of nitrogens with zero attached hydrogens (tertiary/aromatic N) is 3. The highest BCUT2D eigenvalue weighted by Gasteiger charge is 2.30. The molecular formula is C23H28ClN5O2S2. The highest BCUT2D eigenvalue weighted by molar-refractivity contribution is 7.98. The van der Waals surface area contributed by atoms with Crippen LogP contribution in [0.5, 0.6) is 0 Å². The Balaban J connectivity index is 1.40. The van der Waals surface area contributed by atoms with Crippen LogP contribution in [0.15, 0.2) is 39.0 Å². The van der Waals surface area contributed by atoms with Crippen LogP contribution in [0.1, 0.15) is 23.1 Å². The summed E-state index contributed by atoms with van der Waals surface area (Å²) in [4.78, 5) is 9.85. The van der Waals surface area contributed by atoms with E-state index in [-0.39, 0.29) is 16.0 Å². The number of fused-ring (bicyclic) bond motifs is 2. The van der Waals surface area contributed by atoms with Crippen LogP contribution in [0.3, 0.4) is 0 Å². The molecule has 3 aliphatic rings. The van der Waals surface area contributed by atoms with Crippen LogP contribution in [0.25, 0.3) is 0 Å². The SMILES string of the molecule is Cc1ccc(N2CCN(C)CC2)c2c1CC[C@@H](NS(=O)(=O)c1cc3c(cc1Cl)N=CNS3)C2. The van der Waals surface area contributed by atoms with Crippen molar-refractivity contribution in [3.8, 4) is 0 Å². The Bertz CT molecular complexity index is 1210. The lowest BCUT2D eigenvalue weighted by Gasteiger charge is -2.37. The summed E-state index contributed by atoms with van der Waals surface area (Å²) in [7, 11) is -1.62. The summed E-state index contributed by atoms with van der Waals surface area (Å²) in [5.41, 5.74) is 5.85. The normalized spacial score (nSPS) is 20.8. The zero-order chi connectivity index (χ0) is 23.2. The largest absolute Gasteiger partial charge is 0.369 e. The summed E-state index contributed by atoms with van der Waals surface area (Å²) in [5, 5.41) is 0.186. The second-order valence-corrected chi connectivity index (χ2v) is 11.9. The molecule has 0 aromatic heterocycles. The first kappa shape index (κ1) is 23.0. The van der Waals surface area contributed by atoms with Crippen molar-refractivity contribution in [2.75, 3.05) is 38.1 Å². The van der Waals surface area contributed by atoms with E-state index < -0.39 is 10.0 Å². The molecule has 176 valence electrons. The smallest absolute Gasteiger partial charge is 0.242 e. The fourth-order valence-corrected chi connectivity index (χ4v) is 7.38. The van der Waals surface area contributed by atoms with Crippen molar-refractivity contribution >= 4 is 51.3 Å². The number of anilines is 1. The van der Waals surface area contributed by atoms with Crippen molar-refractivity contribution < 1.29 is 8.42 Å². The van der Waals surface area contributed by atoms with Crippen molar-refractivity contribution in [2.24, 2.45) is 4.99 Å². The summed E-state index contributed by atoms with van der Waals surface area (Å²) in [6.07, 6.45) is 3.88. The van der Waals surface area contributed by atoms with E-state index in [1.54, 1.807) is 18.5 Å². The topological polar surface area (TPSA) is 77.0 Å². The van der Waals surface area contributed by atoms with Gasteiger partial charge in [-0.3, -0.25) is 0 Å². The van der Waals surface area contributed by atoms with E-state index in [9.17, 15) is 8.42 Å². The molecule has 10 heteroatoms. The summed E-state index contributed by atoms with van der Waals surface area (Å²) in [6, 6.07) is 7.46. The van der Waals surface area contributed by atoms with Crippen LogP contribution in [0.2, 0.25) is 5.02 Å². The van der Waals surface area contributed by atoms with Gasteiger partial charge < -0.3 is 14.5 Å². The molecule has 7 nitrogen and oxygen atoms in total. The summed E-state index contributed by atoms with van der Waals surface area (Å²) < 4.78 is 32.5. The number of halogens is 1. The van der Waals surface area contributed by atoms with Gasteiger partial charge >= 0.3 is 0 Å². The molecule has 0 spiro atoms. The van der Waals surface area contributed by atoms with Crippen molar-refractivity contribution in [1.82, 2.24) is 14.3 Å². The number of nitrogens with one attached hydrogen (secondary N) is 2. The van der Waals surface area contributed by atoms with Gasteiger partial charge in [0.25, 0.3) is 0 Å². The summed E-state index contributed by atoms with van der Waals surface area (Å²) in [6.45, 7) is 6.19. The molecular weight excluding hydrogens is 478 g/mol. The third kappa shape index (κ3) is 4.61. The maximum absolute atomic E-state index is 13.3. The molecule has 5 rings (SSSR count). The lowest BCUT2D eigenvalue weighted by atomic mass is 9.84. The second-order valence-electron chi connectivity index (χ2n) is 8.94. The first-order valence-corrected chi connectivity index (χ1v) is 13.9. The monoisotopic (exact) mass is 505 g/mol. The van der Waals surface area contributed by atoms with Gasteiger partial charge in [-0.15, -0.1) is 0 Å². The van der Waals surface area contributed by atoms with Gasteiger partial charge in [-0.1, -0.05) is 17.7 Å². The number of aryl methyl sites for hydroxylation is 1. The fourth-order valence-electron chi connectivity index (χ4n) is 4.87. The lowest BCUT2D eigenvalue weighted by molar-refractivity contribution is 0.312. The quantitative estimate of drug-likeness (QED) is 0.619. The van der Waals surface area contributed by atoms with Gasteiger partial charge in [-0.2, -0.15) is 0 Å². The Hall–Kier alpha value is -1.78. The maximum Gasteiger partial charge on any atom is 0.242 e. The van der Waals surface area contributed by atoms with E-state index in [4.69, 9.17) is 11.6 Å². The molecule has 2 aromatic carbocycles. The number of rotatable bonds is 4. The first-order chi connectivity index (χ1) is 15.8. The Labute approximate surface area is 204 Å². The fraction of sp³-hybridized carbons (Fsp3) is 0.435. The summed E-state index contributed by atoms with van der Waals surface area (Å²) >= 11 is 7.70. The minimum absolute atomic E-state index is 0.101. The third-order valence-electron chi connectivity index (χ3n) is 6.73. The van der Waals surface area contributed by atoms with Crippen molar-refractivity contribution in [1.29, 1.82) is 0 Å². The van der Waals surface area contributed by atoms with Crippen LogP contribution in [0, 0.1) is 6.92 Å². The summed E-state index contributed by atoms with van der Waals surface area (Å²) in [5.74, 6) is 0. The van der Waals surface area contributed by atoms with Gasteiger partial charge in [0.2, 0.25) is 10.0 Å². The zero-order valence-electron chi connectivity index (χ0n) is 18.8. The highest BCUT2D eigenvalue weighted by atomic mass is 35.5. The predicted octanol–water partition coefficient (Wildman–Crippen LogP) is 3.51. The second kappa shape index (κ2) is 9.11. The van der Waals surface area contributed by atoms with E-state index in [0.717, 1.165) is 43.9 Å². The zero-order valence-corrected chi connectivity index (χ0v) is 21.2. The number of hydrogen-bond donors (Lipinski definition) is 2. The number of hydrogen-bond acceptors (Lipinski definition) is 7. The number of piperazine rings is 1. The van der Waals surface area contributed by atoms with Crippen LogP contribution < -0.4 is 14.3 Å². The number of benzene rings is 2. The molecule has 0 amide bonds. The molecule has 1 saturated heterocycles. The van der Waals surface area contributed by atoms with Gasteiger partial charge in [0.05, 0.1) is 21.9 Å². The Kier molecular flexibility index (Phi) is 6.35. The molecule has 2 aliphatic heterocycles. The van der Waals surface area contributed by atoms with Crippen LogP contribution in [0.4, 0.5) is 11.4 Å². The minimum Gasteiger partial charge on any atom is -0.369 e. The molecule has 2 aromatic rings. The first-order valence-electron chi connectivity index (χ1n) is 11.2. The molecule has 0 bridgehead atoms. The Morgan fingerprint density at radius 2 is 1.97 bits per heavy atom. The van der Waals surface area contributed by atoms with Crippen LogP contribution in [-0.2, 0) is 22.9 Å². The number of sulfonamides is 1. The molecule has 1 fully saturated rings.